The number of ether oxygens (including phenoxy) is 1. The zero-order chi connectivity index (χ0) is 18.8. The fourth-order valence-electron chi connectivity index (χ4n) is 2.97. The minimum absolute atomic E-state index is 0. The molecule has 0 N–H and O–H groups in total. The standard InChI is InChI=1S/C22H29O2P.Li/c1-8-24-18-9-10-19(14(2)13-18)25-21(23)20-15(3)11-17(12-16(20)4)22(5,6)7;/h9-13,25H,8H2,1-7H3;. The minimum atomic E-state index is 0. The van der Waals surface area contributed by atoms with Crippen molar-refractivity contribution in [3.63, 3.8) is 0 Å². The van der Waals surface area contributed by atoms with Gasteiger partial charge in [-0.25, -0.2) is 0 Å². The van der Waals surface area contributed by atoms with Crippen LogP contribution in [0.2, 0.25) is 0 Å². The average Bonchev–Trinajstić information content (AvgIpc) is 2.48. The van der Waals surface area contributed by atoms with Gasteiger partial charge in [0.1, 0.15) is 5.75 Å². The molecule has 2 rings (SSSR count). The number of benzene rings is 2. The fraction of sp³-hybridized carbons (Fsp3) is 0.409. The van der Waals surface area contributed by atoms with Crippen LogP contribution in [0.5, 0.6) is 5.75 Å². The van der Waals surface area contributed by atoms with Crippen LogP contribution in [0.3, 0.4) is 0 Å². The zero-order valence-electron chi connectivity index (χ0n) is 17.4. The molecule has 0 amide bonds. The second-order valence-corrected chi connectivity index (χ2v) is 8.84. The molecule has 0 saturated carbocycles. The summed E-state index contributed by atoms with van der Waals surface area (Å²) in [5, 5.41) is 1.09. The summed E-state index contributed by atoms with van der Waals surface area (Å²) in [4.78, 5) is 13.0. The van der Waals surface area contributed by atoms with Gasteiger partial charge in [0.25, 0.3) is 0 Å². The fourth-order valence-corrected chi connectivity index (χ4v) is 4.17. The first kappa shape index (κ1) is 23.0. The van der Waals surface area contributed by atoms with Crippen molar-refractivity contribution in [3.8, 4) is 5.75 Å². The number of carbonyl (C=O) groups excluding carboxylic acids is 1. The molecule has 0 aliphatic rings. The van der Waals surface area contributed by atoms with Crippen molar-refractivity contribution < 1.29 is 9.53 Å². The van der Waals surface area contributed by atoms with Crippen LogP contribution in [0.1, 0.15) is 60.3 Å². The van der Waals surface area contributed by atoms with Gasteiger partial charge in [0.15, 0.2) is 5.52 Å². The average molecular weight is 363 g/mol. The topological polar surface area (TPSA) is 26.3 Å². The molecule has 0 fully saturated rings. The van der Waals surface area contributed by atoms with E-state index in [2.05, 4.69) is 32.9 Å². The molecule has 0 bridgehead atoms. The van der Waals surface area contributed by atoms with Crippen molar-refractivity contribution in [2.24, 2.45) is 0 Å². The van der Waals surface area contributed by atoms with Gasteiger partial charge in [0, 0.05) is 24.4 Å². The third-order valence-electron chi connectivity index (χ3n) is 4.38. The van der Waals surface area contributed by atoms with E-state index in [-0.39, 0.29) is 38.4 Å². The molecule has 1 atom stereocenters. The maximum atomic E-state index is 13.0. The van der Waals surface area contributed by atoms with E-state index in [1.165, 1.54) is 5.56 Å². The van der Waals surface area contributed by atoms with Crippen molar-refractivity contribution in [1.29, 1.82) is 0 Å². The van der Waals surface area contributed by atoms with Crippen LogP contribution in [0, 0.1) is 20.8 Å². The predicted octanol–water partition coefficient (Wildman–Crippen LogP) is 5.07. The summed E-state index contributed by atoms with van der Waals surface area (Å²) in [5.41, 5.74) is 5.71. The smallest absolute Gasteiger partial charge is 0.186 e. The molecule has 0 aromatic heterocycles. The Morgan fingerprint density at radius 1 is 1.00 bits per heavy atom. The van der Waals surface area contributed by atoms with Gasteiger partial charge in [-0.2, -0.15) is 0 Å². The molecular formula is C22H29LiO2P. The van der Waals surface area contributed by atoms with E-state index >= 15 is 0 Å². The van der Waals surface area contributed by atoms with Gasteiger partial charge < -0.3 is 4.74 Å². The van der Waals surface area contributed by atoms with Crippen LogP contribution >= 0.6 is 8.58 Å². The van der Waals surface area contributed by atoms with Crippen molar-refractivity contribution >= 4 is 38.3 Å². The van der Waals surface area contributed by atoms with Crippen LogP contribution in [-0.4, -0.2) is 31.0 Å². The molecule has 0 aliphatic heterocycles. The molecule has 1 radical (unpaired) electrons. The maximum Gasteiger partial charge on any atom is 0.186 e. The Morgan fingerprint density at radius 2 is 1.58 bits per heavy atom. The number of carbonyl (C=O) groups is 1. The number of hydrogen-bond donors (Lipinski definition) is 0. The van der Waals surface area contributed by atoms with Crippen LogP contribution in [0.15, 0.2) is 30.3 Å². The molecule has 0 spiro atoms. The monoisotopic (exact) mass is 363 g/mol. The molecule has 135 valence electrons. The first-order valence-electron chi connectivity index (χ1n) is 8.80. The Labute approximate surface area is 172 Å². The molecule has 4 heteroatoms. The minimum Gasteiger partial charge on any atom is -0.494 e. The summed E-state index contributed by atoms with van der Waals surface area (Å²) in [5.74, 6) is 0.864. The van der Waals surface area contributed by atoms with Crippen molar-refractivity contribution in [2.75, 3.05) is 6.61 Å². The third kappa shape index (κ3) is 5.47. The van der Waals surface area contributed by atoms with E-state index in [0.29, 0.717) is 6.61 Å². The third-order valence-corrected chi connectivity index (χ3v) is 5.69. The Hall–Kier alpha value is -1.06. The normalized spacial score (nSPS) is 11.5. The molecule has 0 saturated heterocycles. The molecule has 0 heterocycles. The first-order chi connectivity index (χ1) is 11.6. The summed E-state index contributed by atoms with van der Waals surface area (Å²) < 4.78 is 5.53. The predicted molar refractivity (Wildman–Crippen MR) is 115 cm³/mol. The summed E-state index contributed by atoms with van der Waals surface area (Å²) in [6, 6.07) is 10.3. The van der Waals surface area contributed by atoms with Gasteiger partial charge in [-0.05, 0) is 81.4 Å². The first-order valence-corrected chi connectivity index (χ1v) is 9.80. The summed E-state index contributed by atoms with van der Waals surface area (Å²) in [7, 11) is 0.135. The van der Waals surface area contributed by atoms with Gasteiger partial charge in [-0.1, -0.05) is 39.0 Å². The van der Waals surface area contributed by atoms with Crippen molar-refractivity contribution in [1.82, 2.24) is 0 Å². The maximum absolute atomic E-state index is 13.0. The van der Waals surface area contributed by atoms with Crippen molar-refractivity contribution in [2.45, 2.75) is 53.9 Å². The SMILES string of the molecule is CCOc1ccc(PC(=O)c2c(C)cc(C(C)(C)C)cc2C)c(C)c1.[Li]. The van der Waals surface area contributed by atoms with E-state index in [1.807, 2.05) is 45.9 Å². The van der Waals surface area contributed by atoms with Crippen LogP contribution in [0.25, 0.3) is 0 Å². The molecule has 1 unspecified atom stereocenters. The molecule has 0 aliphatic carbocycles. The Morgan fingerprint density at radius 3 is 2.04 bits per heavy atom. The van der Waals surface area contributed by atoms with E-state index in [4.69, 9.17) is 4.74 Å². The van der Waals surface area contributed by atoms with E-state index in [9.17, 15) is 4.79 Å². The Balaban J connectivity index is 0.00000338. The second-order valence-electron chi connectivity index (χ2n) is 7.60. The quantitative estimate of drug-likeness (QED) is 0.548. The number of rotatable bonds is 5. The summed E-state index contributed by atoms with van der Waals surface area (Å²) >= 11 is 0. The Bertz CT molecular complexity index is 768. The van der Waals surface area contributed by atoms with Crippen LogP contribution in [-0.2, 0) is 5.41 Å². The van der Waals surface area contributed by atoms with Gasteiger partial charge in [-0.3, -0.25) is 4.79 Å². The van der Waals surface area contributed by atoms with Gasteiger partial charge in [0.2, 0.25) is 0 Å². The van der Waals surface area contributed by atoms with E-state index in [1.54, 1.807) is 0 Å². The molecular weight excluding hydrogens is 334 g/mol. The van der Waals surface area contributed by atoms with E-state index in [0.717, 1.165) is 33.3 Å². The van der Waals surface area contributed by atoms with Crippen LogP contribution < -0.4 is 10.0 Å². The molecule has 26 heavy (non-hydrogen) atoms. The van der Waals surface area contributed by atoms with Gasteiger partial charge >= 0.3 is 0 Å². The summed E-state index contributed by atoms with van der Waals surface area (Å²) in [6.07, 6.45) is 0. The zero-order valence-corrected chi connectivity index (χ0v) is 18.4. The second kappa shape index (κ2) is 9.23. The Kier molecular flexibility index (Phi) is 8.16. The largest absolute Gasteiger partial charge is 0.494 e. The number of aryl methyl sites for hydroxylation is 3. The van der Waals surface area contributed by atoms with Crippen LogP contribution in [0.4, 0.5) is 0 Å². The van der Waals surface area contributed by atoms with Gasteiger partial charge in [-0.15, -0.1) is 0 Å². The number of hydrogen-bond acceptors (Lipinski definition) is 2. The van der Waals surface area contributed by atoms with Gasteiger partial charge in [0.05, 0.1) is 6.61 Å². The molecule has 2 aromatic rings. The molecule has 2 aromatic carbocycles. The van der Waals surface area contributed by atoms with Crippen molar-refractivity contribution in [3.05, 3.63) is 58.1 Å². The summed E-state index contributed by atoms with van der Waals surface area (Å²) in [6.45, 7) is 15.4. The van der Waals surface area contributed by atoms with E-state index < -0.39 is 0 Å². The molecule has 2 nitrogen and oxygen atoms in total.